The summed E-state index contributed by atoms with van der Waals surface area (Å²) in [7, 11) is 4.72. The molecule has 0 spiro atoms. The fraction of sp³-hybridized carbons (Fsp3) is 0.160. The summed E-state index contributed by atoms with van der Waals surface area (Å²) in [5, 5.41) is 0. The maximum Gasteiger partial charge on any atom is 0.185 e. The van der Waals surface area contributed by atoms with Gasteiger partial charge in [0.25, 0.3) is 0 Å². The molecule has 6 heteroatoms. The minimum absolute atomic E-state index is 0.131. The smallest absolute Gasteiger partial charge is 0.185 e. The van der Waals surface area contributed by atoms with Crippen LogP contribution in [0.4, 0.5) is 0 Å². The highest BCUT2D eigenvalue weighted by Crippen LogP contribution is 2.28. The predicted octanol–water partition coefficient (Wildman–Crippen LogP) is 5.79. The van der Waals surface area contributed by atoms with E-state index >= 15 is 0 Å². The van der Waals surface area contributed by atoms with Gasteiger partial charge < -0.3 is 18.9 Å². The quantitative estimate of drug-likeness (QED) is 0.199. The maximum atomic E-state index is 12.6. The number of benzene rings is 3. The highest BCUT2D eigenvalue weighted by molar-refractivity contribution is 14.1. The van der Waals surface area contributed by atoms with Crippen LogP contribution in [0.15, 0.2) is 66.7 Å². The molecule has 0 atom stereocenters. The molecular weight excluding hydrogens is 507 g/mol. The first kappa shape index (κ1) is 22.7. The second-order valence-electron chi connectivity index (χ2n) is 6.58. The zero-order valence-corrected chi connectivity index (χ0v) is 19.7. The van der Waals surface area contributed by atoms with E-state index < -0.39 is 0 Å². The second-order valence-corrected chi connectivity index (χ2v) is 7.83. The molecule has 0 fully saturated rings. The van der Waals surface area contributed by atoms with Crippen LogP contribution in [0, 0.1) is 3.57 Å². The third-order valence-corrected chi connectivity index (χ3v) is 5.33. The minimum Gasteiger partial charge on any atom is -0.496 e. The van der Waals surface area contributed by atoms with Crippen LogP contribution in [-0.2, 0) is 6.61 Å². The first-order chi connectivity index (χ1) is 15.0. The summed E-state index contributed by atoms with van der Waals surface area (Å²) < 4.78 is 23.0. The predicted molar refractivity (Wildman–Crippen MR) is 129 cm³/mol. The molecule has 0 aromatic heterocycles. The summed E-state index contributed by atoms with van der Waals surface area (Å²) in [4.78, 5) is 12.6. The van der Waals surface area contributed by atoms with Crippen molar-refractivity contribution in [3.63, 3.8) is 0 Å². The van der Waals surface area contributed by atoms with Gasteiger partial charge in [0.15, 0.2) is 17.3 Å². The Balaban J connectivity index is 1.75. The number of hydrogen-bond donors (Lipinski definition) is 0. The van der Waals surface area contributed by atoms with Crippen LogP contribution >= 0.6 is 22.6 Å². The van der Waals surface area contributed by atoms with E-state index in [1.807, 2.05) is 42.5 Å². The molecule has 0 radical (unpaired) electrons. The first-order valence-electron chi connectivity index (χ1n) is 9.53. The lowest BCUT2D eigenvalue weighted by Crippen LogP contribution is -2.00. The zero-order chi connectivity index (χ0) is 22.2. The molecule has 0 aliphatic rings. The van der Waals surface area contributed by atoms with Gasteiger partial charge in [0, 0.05) is 14.7 Å². The lowest BCUT2D eigenvalue weighted by atomic mass is 10.1. The van der Waals surface area contributed by atoms with Gasteiger partial charge in [-0.1, -0.05) is 12.1 Å². The van der Waals surface area contributed by atoms with E-state index in [0.717, 1.165) is 26.2 Å². The molecule has 31 heavy (non-hydrogen) atoms. The number of carbonyl (C=O) groups is 1. The molecule has 0 unspecified atom stereocenters. The van der Waals surface area contributed by atoms with E-state index in [9.17, 15) is 4.79 Å². The summed E-state index contributed by atoms with van der Waals surface area (Å²) in [6.07, 6.45) is 3.31. The second kappa shape index (κ2) is 10.9. The lowest BCUT2D eigenvalue weighted by molar-refractivity contribution is 0.104. The number of ketones is 1. The van der Waals surface area contributed by atoms with E-state index in [1.165, 1.54) is 6.08 Å². The third kappa shape index (κ3) is 6.01. The molecule has 0 saturated heterocycles. The standard InChI is InChI=1S/C25H23IO5/c1-28-23-12-5-17(14-19(23)16-31-21-9-7-20(26)8-10-21)4-11-22(27)18-6-13-24(29-2)25(15-18)30-3/h4-15H,16H2,1-3H3/b11-4+. The average molecular weight is 530 g/mol. The van der Waals surface area contributed by atoms with Gasteiger partial charge in [-0.25, -0.2) is 0 Å². The summed E-state index contributed by atoms with van der Waals surface area (Å²) in [6, 6.07) is 18.6. The van der Waals surface area contributed by atoms with E-state index in [-0.39, 0.29) is 5.78 Å². The van der Waals surface area contributed by atoms with Crippen LogP contribution in [-0.4, -0.2) is 27.1 Å². The van der Waals surface area contributed by atoms with E-state index in [1.54, 1.807) is 45.6 Å². The van der Waals surface area contributed by atoms with Crippen molar-refractivity contribution in [1.29, 1.82) is 0 Å². The molecule has 0 heterocycles. The molecule has 5 nitrogen and oxygen atoms in total. The van der Waals surface area contributed by atoms with Crippen molar-refractivity contribution in [1.82, 2.24) is 0 Å². The molecule has 0 amide bonds. The molecule has 160 valence electrons. The van der Waals surface area contributed by atoms with Crippen LogP contribution < -0.4 is 18.9 Å². The Morgan fingerprint density at radius 2 is 1.52 bits per heavy atom. The van der Waals surface area contributed by atoms with Crippen molar-refractivity contribution in [2.24, 2.45) is 0 Å². The number of methoxy groups -OCH3 is 3. The van der Waals surface area contributed by atoms with Gasteiger partial charge in [-0.15, -0.1) is 0 Å². The van der Waals surface area contributed by atoms with Gasteiger partial charge >= 0.3 is 0 Å². The topological polar surface area (TPSA) is 54.0 Å². The van der Waals surface area contributed by atoms with Crippen molar-refractivity contribution < 1.29 is 23.7 Å². The summed E-state index contributed by atoms with van der Waals surface area (Å²) in [6.45, 7) is 0.356. The highest BCUT2D eigenvalue weighted by Gasteiger charge is 2.09. The Morgan fingerprint density at radius 1 is 0.839 bits per heavy atom. The van der Waals surface area contributed by atoms with Gasteiger partial charge in [0.2, 0.25) is 0 Å². The number of ether oxygens (including phenoxy) is 4. The molecule has 0 saturated carbocycles. The molecular formula is C25H23IO5. The molecule has 0 aliphatic heterocycles. The first-order valence-corrected chi connectivity index (χ1v) is 10.6. The summed E-state index contributed by atoms with van der Waals surface area (Å²) in [5.41, 5.74) is 2.28. The van der Waals surface area contributed by atoms with Gasteiger partial charge in [-0.05, 0) is 88.8 Å². The van der Waals surface area contributed by atoms with Gasteiger partial charge in [0.1, 0.15) is 18.1 Å². The Labute approximate surface area is 195 Å². The number of hydrogen-bond acceptors (Lipinski definition) is 5. The Kier molecular flexibility index (Phi) is 7.94. The Morgan fingerprint density at radius 3 is 2.19 bits per heavy atom. The minimum atomic E-state index is -0.131. The van der Waals surface area contributed by atoms with Crippen molar-refractivity contribution in [2.45, 2.75) is 6.61 Å². The Hall–Kier alpha value is -3.00. The van der Waals surface area contributed by atoms with Crippen LogP contribution in [0.25, 0.3) is 6.08 Å². The third-order valence-electron chi connectivity index (χ3n) is 4.61. The van der Waals surface area contributed by atoms with E-state index in [0.29, 0.717) is 23.7 Å². The average Bonchev–Trinajstić information content (AvgIpc) is 2.81. The lowest BCUT2D eigenvalue weighted by Gasteiger charge is -2.11. The molecule has 3 rings (SSSR count). The van der Waals surface area contributed by atoms with Crippen LogP contribution in [0.5, 0.6) is 23.0 Å². The number of allylic oxidation sites excluding steroid dienone is 1. The normalized spacial score (nSPS) is 10.7. The van der Waals surface area contributed by atoms with Crippen LogP contribution in [0.3, 0.4) is 0 Å². The molecule has 0 aliphatic carbocycles. The van der Waals surface area contributed by atoms with Crippen molar-refractivity contribution >= 4 is 34.5 Å². The molecule has 3 aromatic rings. The van der Waals surface area contributed by atoms with Crippen LogP contribution in [0.2, 0.25) is 0 Å². The Bertz CT molecular complexity index is 1070. The number of rotatable bonds is 9. The monoisotopic (exact) mass is 530 g/mol. The highest BCUT2D eigenvalue weighted by atomic mass is 127. The number of carbonyl (C=O) groups excluding carboxylic acids is 1. The molecule has 0 N–H and O–H groups in total. The number of halogens is 1. The van der Waals surface area contributed by atoms with Gasteiger partial charge in [0.05, 0.1) is 21.3 Å². The van der Waals surface area contributed by atoms with Crippen molar-refractivity contribution in [3.8, 4) is 23.0 Å². The summed E-state index contributed by atoms with van der Waals surface area (Å²) in [5.74, 6) is 2.48. The molecule has 3 aromatic carbocycles. The van der Waals surface area contributed by atoms with Gasteiger partial charge in [-0.3, -0.25) is 4.79 Å². The van der Waals surface area contributed by atoms with Crippen LogP contribution in [0.1, 0.15) is 21.5 Å². The van der Waals surface area contributed by atoms with Crippen molar-refractivity contribution in [3.05, 3.63) is 87.0 Å². The molecule has 0 bridgehead atoms. The fourth-order valence-corrected chi connectivity index (χ4v) is 3.32. The van der Waals surface area contributed by atoms with Gasteiger partial charge in [-0.2, -0.15) is 0 Å². The SMILES string of the molecule is COc1ccc(/C=C/C(=O)c2ccc(OC)c(OC)c2)cc1COc1ccc(I)cc1. The largest absolute Gasteiger partial charge is 0.496 e. The maximum absolute atomic E-state index is 12.6. The van der Waals surface area contributed by atoms with Crippen molar-refractivity contribution in [2.75, 3.05) is 21.3 Å². The van der Waals surface area contributed by atoms with E-state index in [4.69, 9.17) is 18.9 Å². The fourth-order valence-electron chi connectivity index (χ4n) is 2.96. The van der Waals surface area contributed by atoms with E-state index in [2.05, 4.69) is 22.6 Å². The zero-order valence-electron chi connectivity index (χ0n) is 17.6. The summed E-state index contributed by atoms with van der Waals surface area (Å²) >= 11 is 2.25.